The van der Waals surface area contributed by atoms with Crippen LogP contribution in [0.4, 0.5) is 0 Å². The molecule has 2 unspecified atom stereocenters. The van der Waals surface area contributed by atoms with Crippen molar-refractivity contribution in [3.05, 3.63) is 23.2 Å². The average Bonchev–Trinajstić information content (AvgIpc) is 2.66. The standard InChI is InChI=1S/C15H25NO3/c1-9(2)7-14(15(17)18-6)16-11(4)13-8-10(3)19-12(13)5/h8-9,11,14,16H,7H2,1-6H3. The molecule has 108 valence electrons. The van der Waals surface area contributed by atoms with Crippen LogP contribution in [0.25, 0.3) is 0 Å². The molecule has 1 heterocycles. The molecule has 0 bridgehead atoms. The van der Waals surface area contributed by atoms with Gasteiger partial charge in [-0.25, -0.2) is 0 Å². The number of carbonyl (C=O) groups excluding carboxylic acids is 1. The summed E-state index contributed by atoms with van der Waals surface area (Å²) in [5.41, 5.74) is 1.09. The van der Waals surface area contributed by atoms with E-state index in [2.05, 4.69) is 19.2 Å². The lowest BCUT2D eigenvalue weighted by Crippen LogP contribution is -2.40. The van der Waals surface area contributed by atoms with Crippen LogP contribution < -0.4 is 5.32 Å². The quantitative estimate of drug-likeness (QED) is 0.804. The molecule has 4 nitrogen and oxygen atoms in total. The summed E-state index contributed by atoms with van der Waals surface area (Å²) in [5.74, 6) is 2.00. The number of hydrogen-bond acceptors (Lipinski definition) is 4. The Morgan fingerprint density at radius 3 is 2.42 bits per heavy atom. The van der Waals surface area contributed by atoms with Crippen LogP contribution in [0.3, 0.4) is 0 Å². The van der Waals surface area contributed by atoms with E-state index in [0.29, 0.717) is 5.92 Å². The number of hydrogen-bond donors (Lipinski definition) is 1. The van der Waals surface area contributed by atoms with Gasteiger partial charge >= 0.3 is 5.97 Å². The van der Waals surface area contributed by atoms with Crippen LogP contribution in [0.2, 0.25) is 0 Å². The summed E-state index contributed by atoms with van der Waals surface area (Å²) in [6.45, 7) is 10.1. The molecule has 0 aliphatic rings. The number of esters is 1. The van der Waals surface area contributed by atoms with Crippen LogP contribution in [-0.4, -0.2) is 19.1 Å². The molecule has 0 saturated carbocycles. The Morgan fingerprint density at radius 2 is 2.00 bits per heavy atom. The van der Waals surface area contributed by atoms with Crippen molar-refractivity contribution in [3.8, 4) is 0 Å². The largest absolute Gasteiger partial charge is 0.468 e. The predicted molar refractivity (Wildman–Crippen MR) is 75.0 cm³/mol. The number of furan rings is 1. The van der Waals surface area contributed by atoms with E-state index >= 15 is 0 Å². The highest BCUT2D eigenvalue weighted by molar-refractivity contribution is 5.75. The lowest BCUT2D eigenvalue weighted by atomic mass is 10.0. The van der Waals surface area contributed by atoms with Gasteiger partial charge < -0.3 is 9.15 Å². The summed E-state index contributed by atoms with van der Waals surface area (Å²) < 4.78 is 10.4. The molecule has 0 amide bonds. The summed E-state index contributed by atoms with van der Waals surface area (Å²) >= 11 is 0. The fraction of sp³-hybridized carbons (Fsp3) is 0.667. The highest BCUT2D eigenvalue weighted by Crippen LogP contribution is 2.22. The van der Waals surface area contributed by atoms with Crippen molar-refractivity contribution in [2.75, 3.05) is 7.11 Å². The molecule has 1 rings (SSSR count). The highest BCUT2D eigenvalue weighted by atomic mass is 16.5. The van der Waals surface area contributed by atoms with E-state index in [1.54, 1.807) is 0 Å². The molecule has 0 aliphatic carbocycles. The van der Waals surface area contributed by atoms with Crippen LogP contribution >= 0.6 is 0 Å². The van der Waals surface area contributed by atoms with Gasteiger partial charge in [-0.1, -0.05) is 13.8 Å². The van der Waals surface area contributed by atoms with Gasteiger partial charge in [0.1, 0.15) is 17.6 Å². The summed E-state index contributed by atoms with van der Waals surface area (Å²) in [5, 5.41) is 3.33. The minimum absolute atomic E-state index is 0.0558. The minimum atomic E-state index is -0.283. The third-order valence-corrected chi connectivity index (χ3v) is 3.19. The van der Waals surface area contributed by atoms with E-state index in [9.17, 15) is 4.79 Å². The number of rotatable bonds is 6. The Morgan fingerprint density at radius 1 is 1.37 bits per heavy atom. The maximum Gasteiger partial charge on any atom is 0.322 e. The van der Waals surface area contributed by atoms with Gasteiger partial charge in [-0.2, -0.15) is 0 Å². The zero-order valence-corrected chi connectivity index (χ0v) is 12.7. The topological polar surface area (TPSA) is 51.5 Å². The molecule has 1 N–H and O–H groups in total. The first-order valence-corrected chi connectivity index (χ1v) is 6.76. The summed E-state index contributed by atoms with van der Waals surface area (Å²) in [6.07, 6.45) is 0.757. The number of nitrogens with one attached hydrogen (secondary N) is 1. The summed E-state index contributed by atoms with van der Waals surface area (Å²) in [7, 11) is 1.43. The van der Waals surface area contributed by atoms with Gasteiger partial charge in [0, 0.05) is 11.6 Å². The highest BCUT2D eigenvalue weighted by Gasteiger charge is 2.24. The first-order chi connectivity index (χ1) is 8.85. The molecular formula is C15H25NO3. The lowest BCUT2D eigenvalue weighted by molar-refractivity contribution is -0.143. The van der Waals surface area contributed by atoms with Crippen molar-refractivity contribution < 1.29 is 13.9 Å². The van der Waals surface area contributed by atoms with Gasteiger partial charge in [-0.05, 0) is 39.2 Å². The van der Waals surface area contributed by atoms with Crippen molar-refractivity contribution in [1.29, 1.82) is 0 Å². The Kier molecular flexibility index (Phi) is 5.60. The van der Waals surface area contributed by atoms with Crippen molar-refractivity contribution in [2.45, 2.75) is 53.1 Å². The van der Waals surface area contributed by atoms with Crippen LogP contribution in [0, 0.1) is 19.8 Å². The summed E-state index contributed by atoms with van der Waals surface area (Å²) in [4.78, 5) is 11.8. The zero-order chi connectivity index (χ0) is 14.6. The number of ether oxygens (including phenoxy) is 1. The molecular weight excluding hydrogens is 242 g/mol. The first-order valence-electron chi connectivity index (χ1n) is 6.76. The number of methoxy groups -OCH3 is 1. The van der Waals surface area contributed by atoms with Gasteiger partial charge in [0.2, 0.25) is 0 Å². The molecule has 0 radical (unpaired) electrons. The SMILES string of the molecule is COC(=O)C(CC(C)C)NC(C)c1cc(C)oc1C. The van der Waals surface area contributed by atoms with Gasteiger partial charge in [-0.15, -0.1) is 0 Å². The Hall–Kier alpha value is -1.29. The molecule has 0 spiro atoms. The lowest BCUT2D eigenvalue weighted by Gasteiger charge is -2.22. The second kappa shape index (κ2) is 6.75. The van der Waals surface area contributed by atoms with Crippen LogP contribution in [0.1, 0.15) is 50.3 Å². The van der Waals surface area contributed by atoms with E-state index in [4.69, 9.17) is 9.15 Å². The Balaban J connectivity index is 2.78. The second-order valence-corrected chi connectivity index (χ2v) is 5.46. The van der Waals surface area contributed by atoms with E-state index < -0.39 is 0 Å². The summed E-state index contributed by atoms with van der Waals surface area (Å²) in [6, 6.07) is 1.78. The van der Waals surface area contributed by atoms with Crippen molar-refractivity contribution in [1.82, 2.24) is 5.32 Å². The molecule has 4 heteroatoms. The van der Waals surface area contributed by atoms with Gasteiger partial charge in [0.05, 0.1) is 7.11 Å². The third-order valence-electron chi connectivity index (χ3n) is 3.19. The molecule has 1 aromatic rings. The van der Waals surface area contributed by atoms with Gasteiger partial charge in [0.15, 0.2) is 0 Å². The molecule has 0 aromatic carbocycles. The van der Waals surface area contributed by atoms with E-state index in [-0.39, 0.29) is 18.1 Å². The maximum absolute atomic E-state index is 11.8. The first kappa shape index (κ1) is 15.8. The zero-order valence-electron chi connectivity index (χ0n) is 12.7. The second-order valence-electron chi connectivity index (χ2n) is 5.46. The van der Waals surface area contributed by atoms with Crippen molar-refractivity contribution >= 4 is 5.97 Å². The van der Waals surface area contributed by atoms with Crippen LogP contribution in [0.15, 0.2) is 10.5 Å². The molecule has 0 fully saturated rings. The van der Waals surface area contributed by atoms with Gasteiger partial charge in [0.25, 0.3) is 0 Å². The minimum Gasteiger partial charge on any atom is -0.468 e. The van der Waals surface area contributed by atoms with E-state index in [1.165, 1.54) is 7.11 Å². The molecule has 0 aliphatic heterocycles. The fourth-order valence-electron chi connectivity index (χ4n) is 2.32. The smallest absolute Gasteiger partial charge is 0.322 e. The molecule has 0 saturated heterocycles. The fourth-order valence-corrected chi connectivity index (χ4v) is 2.32. The number of carbonyl (C=O) groups is 1. The van der Waals surface area contributed by atoms with Crippen LogP contribution in [-0.2, 0) is 9.53 Å². The Labute approximate surface area is 115 Å². The monoisotopic (exact) mass is 267 g/mol. The molecule has 2 atom stereocenters. The average molecular weight is 267 g/mol. The predicted octanol–water partition coefficient (Wildman–Crippen LogP) is 3.13. The molecule has 1 aromatic heterocycles. The molecule has 19 heavy (non-hydrogen) atoms. The third kappa shape index (κ3) is 4.39. The van der Waals surface area contributed by atoms with Gasteiger partial charge in [-0.3, -0.25) is 10.1 Å². The van der Waals surface area contributed by atoms with Crippen LogP contribution in [0.5, 0.6) is 0 Å². The maximum atomic E-state index is 11.8. The van der Waals surface area contributed by atoms with Crippen molar-refractivity contribution in [2.24, 2.45) is 5.92 Å². The Bertz CT molecular complexity index is 423. The van der Waals surface area contributed by atoms with E-state index in [0.717, 1.165) is 23.5 Å². The van der Waals surface area contributed by atoms with Crippen molar-refractivity contribution in [3.63, 3.8) is 0 Å². The van der Waals surface area contributed by atoms with E-state index in [1.807, 2.05) is 26.8 Å². The number of aryl methyl sites for hydroxylation is 2. The normalized spacial score (nSPS) is 14.5.